The Kier molecular flexibility index (Phi) is 6.53. The van der Waals surface area contributed by atoms with Crippen LogP contribution in [0, 0.1) is 5.82 Å². The minimum Gasteiger partial charge on any atom is -0.481 e. The van der Waals surface area contributed by atoms with Crippen LogP contribution in [-0.4, -0.2) is 38.7 Å². The number of nitrogens with one attached hydrogen (secondary N) is 1. The maximum Gasteiger partial charge on any atom is 0.354 e. The van der Waals surface area contributed by atoms with Crippen LogP contribution in [0.3, 0.4) is 0 Å². The van der Waals surface area contributed by atoms with Crippen LogP contribution in [0.1, 0.15) is 31.7 Å². The fourth-order valence-electron chi connectivity index (χ4n) is 3.69. The number of amides is 2. The lowest BCUT2D eigenvalue weighted by Crippen LogP contribution is -2.21. The molecule has 0 bridgehead atoms. The number of aromatic nitrogens is 3. The number of aryl methyl sites for hydroxylation is 1. The number of ether oxygens (including phenoxy) is 2. The number of hydrogen-bond donors (Lipinski definition) is 2. The fourth-order valence-corrected chi connectivity index (χ4v) is 4.69. The summed E-state index contributed by atoms with van der Waals surface area (Å²) in [7, 11) is -2.19. The molecule has 1 aromatic carbocycles. The maximum absolute atomic E-state index is 14.5. The van der Waals surface area contributed by atoms with Gasteiger partial charge < -0.3 is 14.8 Å². The summed E-state index contributed by atoms with van der Waals surface area (Å²) in [6.07, 6.45) is 3.56. The molecule has 3 aromatic rings. The summed E-state index contributed by atoms with van der Waals surface area (Å²) in [5, 5.41) is 12.7. The summed E-state index contributed by atoms with van der Waals surface area (Å²) >= 11 is 0. The lowest BCUT2D eigenvalue weighted by molar-refractivity contribution is 0.224. The van der Waals surface area contributed by atoms with E-state index < -0.39 is 21.8 Å². The lowest BCUT2D eigenvalue weighted by Gasteiger charge is -2.18. The normalized spacial score (nSPS) is 14.6. The van der Waals surface area contributed by atoms with E-state index in [-0.39, 0.29) is 16.7 Å². The predicted octanol–water partition coefficient (Wildman–Crippen LogP) is 3.93. The van der Waals surface area contributed by atoms with Crippen molar-refractivity contribution in [1.29, 1.82) is 0 Å². The van der Waals surface area contributed by atoms with Gasteiger partial charge in [0.15, 0.2) is 9.92 Å². The Morgan fingerprint density at radius 2 is 2.18 bits per heavy atom. The highest BCUT2D eigenvalue weighted by atomic mass is 32.2. The number of hydrogen-bond acceptors (Lipinski definition) is 6. The van der Waals surface area contributed by atoms with Crippen molar-refractivity contribution in [3.8, 4) is 22.9 Å². The number of anilines is 1. The van der Waals surface area contributed by atoms with Crippen molar-refractivity contribution in [1.82, 2.24) is 14.8 Å². The average Bonchev–Trinajstić information content (AvgIpc) is 3.24. The molecular weight excluding hydrogens is 463 g/mol. The lowest BCUT2D eigenvalue weighted by atomic mass is 9.94. The molecule has 3 heterocycles. The van der Waals surface area contributed by atoms with Crippen LogP contribution in [0.25, 0.3) is 11.1 Å². The quantitative estimate of drug-likeness (QED) is 0.559. The molecular formula is C22H25FN6O4S. The van der Waals surface area contributed by atoms with Gasteiger partial charge in [0.05, 0.1) is 25.6 Å². The topological polar surface area (TPSA) is 134 Å². The molecule has 12 heteroatoms. The number of carbonyl (C=O) groups is 1. The highest BCUT2D eigenvalue weighted by molar-refractivity contribution is 7.91. The molecule has 0 radical (unpaired) electrons. The van der Waals surface area contributed by atoms with Gasteiger partial charge >= 0.3 is 6.03 Å². The van der Waals surface area contributed by atoms with Crippen LogP contribution in [0.15, 0.2) is 45.9 Å². The number of fused-ring (bicyclic) bond motifs is 1. The summed E-state index contributed by atoms with van der Waals surface area (Å²) in [6, 6.07) is 4.96. The number of halogens is 1. The van der Waals surface area contributed by atoms with Crippen LogP contribution < -0.4 is 19.9 Å². The Labute approximate surface area is 196 Å². The number of carbonyl (C=O) groups excluding carboxylic acids is 1. The van der Waals surface area contributed by atoms with Crippen molar-refractivity contribution < 1.29 is 22.9 Å². The molecule has 0 saturated heterocycles. The Morgan fingerprint density at radius 1 is 1.38 bits per heavy atom. The Balaban J connectivity index is 1.76. The van der Waals surface area contributed by atoms with Crippen molar-refractivity contribution in [2.45, 2.75) is 37.6 Å². The maximum atomic E-state index is 14.5. The van der Waals surface area contributed by atoms with Gasteiger partial charge in [-0.1, -0.05) is 13.8 Å². The Bertz CT molecular complexity index is 1360. The van der Waals surface area contributed by atoms with Crippen LogP contribution in [0.5, 0.6) is 11.8 Å². The first-order chi connectivity index (χ1) is 16.2. The molecule has 10 nitrogen and oxygen atoms in total. The van der Waals surface area contributed by atoms with Gasteiger partial charge in [0, 0.05) is 30.8 Å². The SMILES string of the molecule is COc1cc(-c2cc(F)cc(C(C)C)c2NC(=O)N=[S@](N)(=O)c2cnn3c2OCCC3)ccn1. The first kappa shape index (κ1) is 23.6. The third-order valence-electron chi connectivity index (χ3n) is 5.29. The number of nitrogens with zero attached hydrogens (tertiary/aromatic N) is 4. The first-order valence-electron chi connectivity index (χ1n) is 10.6. The average molecular weight is 489 g/mol. The smallest absolute Gasteiger partial charge is 0.354 e. The standard InChI is InChI=1S/C22H25FN6O4S/c1-13(2)16-10-15(23)11-17(14-5-6-25-19(9-14)32-3)20(16)27-22(30)28-34(24,31)18-12-26-29-7-4-8-33-21(18)29/h5-6,9-13H,4,7-8H2,1-3H3,(H3,24,27,28,30,31)/t34-/m0/s1. The summed E-state index contributed by atoms with van der Waals surface area (Å²) in [5.74, 6) is -0.0576. The van der Waals surface area contributed by atoms with E-state index in [9.17, 15) is 13.4 Å². The van der Waals surface area contributed by atoms with Crippen molar-refractivity contribution in [3.63, 3.8) is 0 Å². The minimum absolute atomic E-state index is 0.0460. The van der Waals surface area contributed by atoms with E-state index in [1.165, 1.54) is 36.3 Å². The van der Waals surface area contributed by atoms with E-state index in [1.807, 2.05) is 13.8 Å². The minimum atomic E-state index is -3.66. The van der Waals surface area contributed by atoms with Gasteiger partial charge in [-0.2, -0.15) is 5.10 Å². The summed E-state index contributed by atoms with van der Waals surface area (Å²) in [5.41, 5.74) is 1.81. The second-order valence-corrected chi connectivity index (χ2v) is 9.75. The summed E-state index contributed by atoms with van der Waals surface area (Å²) in [6.45, 7) is 4.73. The highest BCUT2D eigenvalue weighted by Gasteiger charge is 2.25. The molecule has 0 aliphatic carbocycles. The van der Waals surface area contributed by atoms with Crippen LogP contribution >= 0.6 is 0 Å². The third kappa shape index (κ3) is 4.73. The number of urea groups is 1. The van der Waals surface area contributed by atoms with E-state index in [0.717, 1.165) is 6.42 Å². The zero-order chi connectivity index (χ0) is 24.5. The van der Waals surface area contributed by atoms with E-state index in [2.05, 4.69) is 19.8 Å². The largest absolute Gasteiger partial charge is 0.481 e. The second kappa shape index (κ2) is 9.39. The van der Waals surface area contributed by atoms with Gasteiger partial charge in [0.1, 0.15) is 10.7 Å². The number of nitrogens with two attached hydrogens (primary N) is 1. The predicted molar refractivity (Wildman–Crippen MR) is 125 cm³/mol. The monoisotopic (exact) mass is 488 g/mol. The van der Waals surface area contributed by atoms with Gasteiger partial charge in [-0.15, -0.1) is 4.36 Å². The van der Waals surface area contributed by atoms with Crippen LogP contribution in [0.2, 0.25) is 0 Å². The summed E-state index contributed by atoms with van der Waals surface area (Å²) < 4.78 is 43.7. The zero-order valence-corrected chi connectivity index (χ0v) is 19.8. The van der Waals surface area contributed by atoms with Crippen LogP contribution in [0.4, 0.5) is 14.9 Å². The molecule has 0 saturated carbocycles. The molecule has 0 spiro atoms. The third-order valence-corrected chi connectivity index (χ3v) is 6.64. The molecule has 1 aliphatic rings. The van der Waals surface area contributed by atoms with Gasteiger partial charge in [-0.3, -0.25) is 0 Å². The molecule has 1 aliphatic heterocycles. The van der Waals surface area contributed by atoms with E-state index in [1.54, 1.807) is 12.1 Å². The Hall–Kier alpha value is -3.51. The molecule has 180 valence electrons. The molecule has 2 aromatic heterocycles. The molecule has 4 rings (SSSR count). The Morgan fingerprint density at radius 3 is 2.91 bits per heavy atom. The number of methoxy groups -OCH3 is 1. The van der Waals surface area contributed by atoms with Crippen LogP contribution in [-0.2, 0) is 16.5 Å². The van der Waals surface area contributed by atoms with Crippen molar-refractivity contribution in [2.75, 3.05) is 19.0 Å². The van der Waals surface area contributed by atoms with E-state index >= 15 is 0 Å². The molecule has 0 unspecified atom stereocenters. The first-order valence-corrected chi connectivity index (χ1v) is 12.2. The molecule has 3 N–H and O–H groups in total. The molecule has 2 amide bonds. The second-order valence-electron chi connectivity index (χ2n) is 7.99. The van der Waals surface area contributed by atoms with Crippen molar-refractivity contribution in [3.05, 3.63) is 48.0 Å². The zero-order valence-electron chi connectivity index (χ0n) is 18.9. The van der Waals surface area contributed by atoms with Crippen molar-refractivity contribution >= 4 is 21.6 Å². The highest BCUT2D eigenvalue weighted by Crippen LogP contribution is 2.37. The number of pyridine rings is 1. The van der Waals surface area contributed by atoms with Gasteiger partial charge in [-0.05, 0) is 35.2 Å². The number of benzene rings is 1. The molecule has 1 atom stereocenters. The van der Waals surface area contributed by atoms with Gasteiger partial charge in [0.25, 0.3) is 0 Å². The van der Waals surface area contributed by atoms with E-state index in [0.29, 0.717) is 41.4 Å². The van der Waals surface area contributed by atoms with Gasteiger partial charge in [0.2, 0.25) is 11.8 Å². The molecule has 0 fully saturated rings. The van der Waals surface area contributed by atoms with E-state index in [4.69, 9.17) is 14.6 Å². The number of rotatable bonds is 5. The fraction of sp³-hybridized carbons (Fsp3) is 0.318. The van der Waals surface area contributed by atoms with Crippen molar-refractivity contribution in [2.24, 2.45) is 9.50 Å². The molecule has 34 heavy (non-hydrogen) atoms. The van der Waals surface area contributed by atoms with Gasteiger partial charge in [-0.25, -0.2) is 28.2 Å². The summed E-state index contributed by atoms with van der Waals surface area (Å²) in [4.78, 5) is 17.0.